The van der Waals surface area contributed by atoms with Crippen LogP contribution in [0.1, 0.15) is 0 Å². The van der Waals surface area contributed by atoms with Gasteiger partial charge in [0.1, 0.15) is 22.1 Å². The lowest BCUT2D eigenvalue weighted by Crippen LogP contribution is -2.20. The van der Waals surface area contributed by atoms with Crippen molar-refractivity contribution in [1.82, 2.24) is 0 Å². The third-order valence-electron chi connectivity index (χ3n) is 2.49. The van der Waals surface area contributed by atoms with E-state index >= 15 is 0 Å². The van der Waals surface area contributed by atoms with Gasteiger partial charge in [0.15, 0.2) is 11.5 Å². The molecule has 1 aromatic rings. The number of fused-ring (bicyclic) bond motifs is 2. The minimum atomic E-state index is -4.79. The molecule has 10 heteroatoms. The third-order valence-corrected chi connectivity index (χ3v) is 2.49. The van der Waals surface area contributed by atoms with Crippen LogP contribution in [0.3, 0.4) is 0 Å². The van der Waals surface area contributed by atoms with Gasteiger partial charge in [0.25, 0.3) is 0 Å². The van der Waals surface area contributed by atoms with Gasteiger partial charge in [-0.05, 0) is 0 Å². The predicted molar refractivity (Wildman–Crippen MR) is 56.5 cm³/mol. The number of phenolic OH excluding ortho intramolecular Hbond substituents is 2. The number of nitrogens with two attached hydrogens (primary N) is 1. The quantitative estimate of drug-likeness (QED) is 0.572. The molecule has 19 heavy (non-hydrogen) atoms. The summed E-state index contributed by atoms with van der Waals surface area (Å²) < 4.78 is 37.5. The molecule has 0 aromatic heterocycles. The number of amidine groups is 1. The zero-order valence-electron chi connectivity index (χ0n) is 8.89. The molecule has 0 aliphatic carbocycles. The molecule has 1 aromatic carbocycles. The van der Waals surface area contributed by atoms with Crippen molar-refractivity contribution < 1.29 is 23.4 Å². The maximum absolute atomic E-state index is 12.5. The molecule has 98 valence electrons. The van der Waals surface area contributed by atoms with E-state index in [0.717, 1.165) is 0 Å². The van der Waals surface area contributed by atoms with Crippen LogP contribution in [0.15, 0.2) is 20.0 Å². The number of nitrogens with zero attached hydrogens (tertiary/aromatic N) is 4. The monoisotopic (exact) mass is 271 g/mol. The number of guanidine groups is 1. The van der Waals surface area contributed by atoms with Gasteiger partial charge < -0.3 is 15.9 Å². The molecule has 4 N–H and O–H groups in total. The van der Waals surface area contributed by atoms with Crippen LogP contribution in [0.5, 0.6) is 11.5 Å². The number of benzene rings is 1. The summed E-state index contributed by atoms with van der Waals surface area (Å²) in [5, 5.41) is 18.8. The van der Waals surface area contributed by atoms with E-state index in [1.165, 1.54) is 0 Å². The van der Waals surface area contributed by atoms with Crippen molar-refractivity contribution in [1.29, 1.82) is 0 Å². The normalized spacial score (nSPS) is 16.2. The summed E-state index contributed by atoms with van der Waals surface area (Å²) in [7, 11) is 0. The van der Waals surface area contributed by atoms with Crippen LogP contribution in [0.4, 0.5) is 24.5 Å². The molecule has 0 saturated carbocycles. The van der Waals surface area contributed by atoms with Crippen molar-refractivity contribution in [3.8, 4) is 11.5 Å². The zero-order valence-corrected chi connectivity index (χ0v) is 8.89. The van der Waals surface area contributed by atoms with E-state index in [2.05, 4.69) is 20.0 Å². The van der Waals surface area contributed by atoms with Gasteiger partial charge in [-0.25, -0.2) is 20.0 Å². The van der Waals surface area contributed by atoms with Gasteiger partial charge in [-0.2, -0.15) is 13.2 Å². The van der Waals surface area contributed by atoms with Crippen LogP contribution >= 0.6 is 0 Å². The van der Waals surface area contributed by atoms with Crippen LogP contribution < -0.4 is 16.4 Å². The lowest BCUT2D eigenvalue weighted by Gasteiger charge is -2.00. The summed E-state index contributed by atoms with van der Waals surface area (Å²) in [6.07, 6.45) is -4.79. The molecule has 0 spiro atoms. The molecule has 0 atom stereocenters. The average Bonchev–Trinajstić information content (AvgIpc) is 2.88. The number of aromatic hydroxyl groups is 2. The van der Waals surface area contributed by atoms with E-state index in [0.29, 0.717) is 0 Å². The van der Waals surface area contributed by atoms with Gasteiger partial charge in [-0.1, -0.05) is 0 Å². The van der Waals surface area contributed by atoms with Crippen LogP contribution in [-0.4, -0.2) is 28.2 Å². The number of phenols is 2. The molecule has 2 heterocycles. The van der Waals surface area contributed by atoms with Crippen molar-refractivity contribution in [2.24, 2.45) is 25.7 Å². The van der Waals surface area contributed by atoms with E-state index in [1.54, 1.807) is 0 Å². The van der Waals surface area contributed by atoms with Crippen LogP contribution in [0.2, 0.25) is 0 Å². The lowest BCUT2D eigenvalue weighted by atomic mass is 10.2. The number of hydrogen-bond acceptors (Lipinski definition) is 7. The molecule has 2 aliphatic heterocycles. The minimum Gasteiger partial charge on any atom is -0.504 e. The summed E-state index contributed by atoms with van der Waals surface area (Å²) in [4.78, 5) is 13.5. The van der Waals surface area contributed by atoms with Gasteiger partial charge in [0, 0.05) is 0 Å². The number of aliphatic imine (C=N–C) groups is 2. The zero-order chi connectivity index (χ0) is 13.9. The predicted octanol–water partition coefficient (Wildman–Crippen LogP) is -0.0973. The largest absolute Gasteiger partial charge is 0.504 e. The van der Waals surface area contributed by atoms with Crippen molar-refractivity contribution in [2.45, 2.75) is 6.18 Å². The second-order valence-corrected chi connectivity index (χ2v) is 3.72. The second-order valence-electron chi connectivity index (χ2n) is 3.72. The fourth-order valence-corrected chi connectivity index (χ4v) is 1.71. The molecular formula is C9H4F3N5O2. The fourth-order valence-electron chi connectivity index (χ4n) is 1.71. The SMILES string of the molecule is NC1=Nc2c(O)c3c(c(O)c2=N1)N=C(C(F)(F)F)N=3. The summed E-state index contributed by atoms with van der Waals surface area (Å²) in [6, 6.07) is 0. The van der Waals surface area contributed by atoms with Crippen molar-refractivity contribution in [3.05, 3.63) is 10.7 Å². The first-order chi connectivity index (χ1) is 8.79. The second kappa shape index (κ2) is 3.22. The van der Waals surface area contributed by atoms with E-state index in [9.17, 15) is 23.4 Å². The fraction of sp³-hybridized carbons (Fsp3) is 0.111. The Morgan fingerprint density at radius 2 is 1.37 bits per heavy atom. The van der Waals surface area contributed by atoms with E-state index in [-0.39, 0.29) is 17.0 Å². The molecule has 2 aliphatic rings. The van der Waals surface area contributed by atoms with E-state index < -0.39 is 34.6 Å². The summed E-state index contributed by atoms with van der Waals surface area (Å²) in [5.74, 6) is -3.01. The van der Waals surface area contributed by atoms with Gasteiger partial charge in [-0.15, -0.1) is 0 Å². The highest BCUT2D eigenvalue weighted by Crippen LogP contribution is 2.34. The smallest absolute Gasteiger partial charge is 0.451 e. The molecule has 0 radical (unpaired) electrons. The lowest BCUT2D eigenvalue weighted by molar-refractivity contribution is -0.0595. The van der Waals surface area contributed by atoms with Crippen molar-refractivity contribution in [2.75, 3.05) is 0 Å². The van der Waals surface area contributed by atoms with Crippen molar-refractivity contribution >= 4 is 23.2 Å². The van der Waals surface area contributed by atoms with Gasteiger partial charge >= 0.3 is 6.18 Å². The highest BCUT2D eigenvalue weighted by atomic mass is 19.4. The summed E-state index contributed by atoms with van der Waals surface area (Å²) in [5.41, 5.74) is 4.57. The first-order valence-corrected chi connectivity index (χ1v) is 4.84. The van der Waals surface area contributed by atoms with Gasteiger partial charge in [-0.3, -0.25) is 0 Å². The molecule has 0 bridgehead atoms. The number of halogens is 3. The van der Waals surface area contributed by atoms with Gasteiger partial charge in [0.2, 0.25) is 11.8 Å². The Kier molecular flexibility index (Phi) is 1.94. The van der Waals surface area contributed by atoms with Crippen LogP contribution in [-0.2, 0) is 0 Å². The topological polar surface area (TPSA) is 116 Å². The molecule has 3 rings (SSSR count). The Morgan fingerprint density at radius 3 is 1.95 bits per heavy atom. The molecule has 0 saturated heterocycles. The van der Waals surface area contributed by atoms with Crippen LogP contribution in [0, 0.1) is 0 Å². The van der Waals surface area contributed by atoms with Crippen molar-refractivity contribution in [3.63, 3.8) is 0 Å². The maximum atomic E-state index is 12.5. The maximum Gasteiger partial charge on any atom is 0.451 e. The molecular weight excluding hydrogens is 267 g/mol. The van der Waals surface area contributed by atoms with E-state index in [4.69, 9.17) is 5.73 Å². The highest BCUT2D eigenvalue weighted by molar-refractivity contribution is 5.95. The first kappa shape index (κ1) is 11.4. The van der Waals surface area contributed by atoms with E-state index in [1.807, 2.05) is 0 Å². The van der Waals surface area contributed by atoms with Gasteiger partial charge in [0.05, 0.1) is 0 Å². The Morgan fingerprint density at radius 1 is 0.842 bits per heavy atom. The molecule has 7 nitrogen and oxygen atoms in total. The van der Waals surface area contributed by atoms with Crippen LogP contribution in [0.25, 0.3) is 0 Å². The third kappa shape index (κ3) is 1.46. The molecule has 0 amide bonds. The first-order valence-electron chi connectivity index (χ1n) is 4.84. The Hall–Kier alpha value is -2.65. The molecule has 0 fully saturated rings. The number of hydrogen-bond donors (Lipinski definition) is 3. The summed E-state index contributed by atoms with van der Waals surface area (Å²) >= 11 is 0. The standard InChI is InChI=1S/C9H4F3N5O2/c10-9(11,12)7-14-1-2(15-7)6(19)4-3(5(1)18)16-8(13)17-4/h18-19H,(H2,13,16,17). The Balaban J connectivity index is 2.36. The highest BCUT2D eigenvalue weighted by Gasteiger charge is 2.39. The summed E-state index contributed by atoms with van der Waals surface area (Å²) in [6.45, 7) is 0. The minimum absolute atomic E-state index is 0.226. The average molecular weight is 271 g/mol. The number of alkyl halides is 3. The Labute approximate surface area is 102 Å². The Bertz CT molecular complexity index is 794. The number of rotatable bonds is 0. The molecule has 0 unspecified atom stereocenters.